The molecule has 1 aliphatic heterocycles. The van der Waals surface area contributed by atoms with Gasteiger partial charge in [0.05, 0.1) is 0 Å². The van der Waals surface area contributed by atoms with Crippen LogP contribution < -0.4 is 5.32 Å². The van der Waals surface area contributed by atoms with Crippen molar-refractivity contribution < 1.29 is 0 Å². The van der Waals surface area contributed by atoms with Gasteiger partial charge >= 0.3 is 0 Å². The normalized spacial score (nSPS) is 18.1. The summed E-state index contributed by atoms with van der Waals surface area (Å²) in [5, 5.41) is 6.17. The number of aromatic nitrogens is 1. The van der Waals surface area contributed by atoms with Crippen molar-refractivity contribution in [3.05, 3.63) is 72.4 Å². The molecule has 4 rings (SSSR count). The van der Waals surface area contributed by atoms with Gasteiger partial charge in [0.2, 0.25) is 0 Å². The fourth-order valence-electron chi connectivity index (χ4n) is 3.71. The predicted octanol–water partition coefficient (Wildman–Crippen LogP) is 4.14. The van der Waals surface area contributed by atoms with Crippen LogP contribution in [-0.4, -0.2) is 36.1 Å². The molecule has 0 bridgehead atoms. The van der Waals surface area contributed by atoms with Gasteiger partial charge < -0.3 is 10.2 Å². The molecule has 1 atom stereocenters. The fourth-order valence-corrected chi connectivity index (χ4v) is 3.71. The van der Waals surface area contributed by atoms with Crippen LogP contribution in [0.1, 0.15) is 17.9 Å². The Labute approximate surface area is 143 Å². The maximum Gasteiger partial charge on any atom is 0.125 e. The van der Waals surface area contributed by atoms with Gasteiger partial charge in [-0.2, -0.15) is 0 Å². The molecule has 1 N–H and O–H groups in total. The SMILES string of the molecule is c1ccc(NCCN2CCC(c3cccc4ccccc34)C2)nc1. The van der Waals surface area contributed by atoms with Gasteiger partial charge in [-0.1, -0.05) is 48.5 Å². The summed E-state index contributed by atoms with van der Waals surface area (Å²) in [6, 6.07) is 21.4. The average Bonchev–Trinajstić information content (AvgIpc) is 3.11. The first-order valence-corrected chi connectivity index (χ1v) is 8.75. The third-order valence-electron chi connectivity index (χ3n) is 4.93. The van der Waals surface area contributed by atoms with Crippen LogP contribution >= 0.6 is 0 Å². The van der Waals surface area contributed by atoms with Crippen molar-refractivity contribution in [2.45, 2.75) is 12.3 Å². The Morgan fingerprint density at radius 1 is 1.00 bits per heavy atom. The molecular weight excluding hydrogens is 294 g/mol. The van der Waals surface area contributed by atoms with Crippen molar-refractivity contribution in [3.63, 3.8) is 0 Å². The molecule has 0 amide bonds. The lowest BCUT2D eigenvalue weighted by molar-refractivity contribution is 0.348. The van der Waals surface area contributed by atoms with Crippen LogP contribution in [0.15, 0.2) is 66.9 Å². The second-order valence-electron chi connectivity index (χ2n) is 6.50. The molecule has 0 aliphatic carbocycles. The monoisotopic (exact) mass is 317 g/mol. The molecule has 3 nitrogen and oxygen atoms in total. The number of hydrogen-bond acceptors (Lipinski definition) is 3. The lowest BCUT2D eigenvalue weighted by atomic mass is 9.93. The van der Waals surface area contributed by atoms with Crippen molar-refractivity contribution in [1.29, 1.82) is 0 Å². The number of fused-ring (bicyclic) bond motifs is 1. The van der Waals surface area contributed by atoms with Crippen LogP contribution in [0.3, 0.4) is 0 Å². The summed E-state index contributed by atoms with van der Waals surface area (Å²) in [5.41, 5.74) is 1.51. The molecule has 1 unspecified atom stereocenters. The van der Waals surface area contributed by atoms with E-state index in [-0.39, 0.29) is 0 Å². The van der Waals surface area contributed by atoms with Gasteiger partial charge in [-0.05, 0) is 47.4 Å². The summed E-state index contributed by atoms with van der Waals surface area (Å²) in [6.07, 6.45) is 3.08. The van der Waals surface area contributed by atoms with Gasteiger partial charge in [0, 0.05) is 25.8 Å². The maximum absolute atomic E-state index is 4.31. The third kappa shape index (κ3) is 3.26. The average molecular weight is 317 g/mol. The molecule has 3 aromatic rings. The van der Waals surface area contributed by atoms with Crippen molar-refractivity contribution in [3.8, 4) is 0 Å². The van der Waals surface area contributed by atoms with Gasteiger partial charge in [-0.25, -0.2) is 4.98 Å². The number of benzene rings is 2. The zero-order valence-corrected chi connectivity index (χ0v) is 13.9. The minimum Gasteiger partial charge on any atom is -0.369 e. The molecule has 2 heterocycles. The largest absolute Gasteiger partial charge is 0.369 e. The Bertz CT molecular complexity index is 795. The van der Waals surface area contributed by atoms with E-state index >= 15 is 0 Å². The Morgan fingerprint density at radius 3 is 2.79 bits per heavy atom. The first-order valence-electron chi connectivity index (χ1n) is 8.75. The number of anilines is 1. The minimum atomic E-state index is 0.644. The Kier molecular flexibility index (Phi) is 4.43. The second kappa shape index (κ2) is 7.02. The van der Waals surface area contributed by atoms with Crippen molar-refractivity contribution in [2.75, 3.05) is 31.5 Å². The summed E-state index contributed by atoms with van der Waals surface area (Å²) in [5.74, 6) is 1.60. The summed E-state index contributed by atoms with van der Waals surface area (Å²) in [4.78, 5) is 6.87. The van der Waals surface area contributed by atoms with Gasteiger partial charge in [0.25, 0.3) is 0 Å². The van der Waals surface area contributed by atoms with Crippen molar-refractivity contribution in [1.82, 2.24) is 9.88 Å². The fraction of sp³-hybridized carbons (Fsp3) is 0.286. The summed E-state index contributed by atoms with van der Waals surface area (Å²) in [7, 11) is 0. The van der Waals surface area contributed by atoms with Gasteiger partial charge in [0.1, 0.15) is 5.82 Å². The number of hydrogen-bond donors (Lipinski definition) is 1. The number of nitrogens with one attached hydrogen (secondary N) is 1. The van der Waals surface area contributed by atoms with E-state index in [1.807, 2.05) is 24.4 Å². The first kappa shape index (κ1) is 15.2. The van der Waals surface area contributed by atoms with Gasteiger partial charge in [-0.15, -0.1) is 0 Å². The maximum atomic E-state index is 4.31. The second-order valence-corrected chi connectivity index (χ2v) is 6.50. The van der Waals surface area contributed by atoms with E-state index in [1.54, 1.807) is 0 Å². The van der Waals surface area contributed by atoms with E-state index in [0.29, 0.717) is 5.92 Å². The molecule has 1 fully saturated rings. The molecule has 3 heteroatoms. The topological polar surface area (TPSA) is 28.2 Å². The Balaban J connectivity index is 1.37. The third-order valence-corrected chi connectivity index (χ3v) is 4.93. The lowest BCUT2D eigenvalue weighted by Crippen LogP contribution is -2.27. The van der Waals surface area contributed by atoms with E-state index in [0.717, 1.165) is 25.5 Å². The standard InChI is InChI=1S/C21H23N3/c1-2-8-19-17(6-1)7-5-9-20(19)18-11-14-24(16-18)15-13-23-21-10-3-4-12-22-21/h1-10,12,18H,11,13-16H2,(H,22,23). The molecule has 0 spiro atoms. The zero-order valence-electron chi connectivity index (χ0n) is 13.9. The van der Waals surface area contributed by atoms with E-state index < -0.39 is 0 Å². The van der Waals surface area contributed by atoms with Crippen LogP contribution in [-0.2, 0) is 0 Å². The molecule has 122 valence electrons. The zero-order chi connectivity index (χ0) is 16.2. The highest BCUT2D eigenvalue weighted by atomic mass is 15.2. The molecule has 1 aromatic heterocycles. The van der Waals surface area contributed by atoms with E-state index in [9.17, 15) is 0 Å². The highest BCUT2D eigenvalue weighted by Crippen LogP contribution is 2.32. The molecule has 24 heavy (non-hydrogen) atoms. The molecular formula is C21H23N3. The summed E-state index contributed by atoms with van der Waals surface area (Å²) < 4.78 is 0. The first-order chi connectivity index (χ1) is 11.9. The highest BCUT2D eigenvalue weighted by Gasteiger charge is 2.24. The van der Waals surface area contributed by atoms with Gasteiger partial charge in [0.15, 0.2) is 0 Å². The van der Waals surface area contributed by atoms with Crippen molar-refractivity contribution >= 4 is 16.6 Å². The predicted molar refractivity (Wildman–Crippen MR) is 100 cm³/mol. The minimum absolute atomic E-state index is 0.644. The van der Waals surface area contributed by atoms with E-state index in [4.69, 9.17) is 0 Å². The van der Waals surface area contributed by atoms with Crippen molar-refractivity contribution in [2.24, 2.45) is 0 Å². The number of rotatable bonds is 5. The molecule has 0 saturated carbocycles. The summed E-state index contributed by atoms with van der Waals surface area (Å²) >= 11 is 0. The van der Waals surface area contributed by atoms with E-state index in [2.05, 4.69) is 57.7 Å². The number of likely N-dealkylation sites (tertiary alicyclic amines) is 1. The Morgan fingerprint density at radius 2 is 1.88 bits per heavy atom. The van der Waals surface area contributed by atoms with Crippen LogP contribution in [0, 0.1) is 0 Å². The molecule has 1 saturated heterocycles. The summed E-state index contributed by atoms with van der Waals surface area (Å²) in [6.45, 7) is 4.34. The Hall–Kier alpha value is -2.39. The van der Waals surface area contributed by atoms with Crippen LogP contribution in [0.2, 0.25) is 0 Å². The molecule has 0 radical (unpaired) electrons. The van der Waals surface area contributed by atoms with E-state index in [1.165, 1.54) is 29.3 Å². The molecule has 1 aliphatic rings. The van der Waals surface area contributed by atoms with Crippen LogP contribution in [0.5, 0.6) is 0 Å². The van der Waals surface area contributed by atoms with Gasteiger partial charge in [-0.3, -0.25) is 0 Å². The smallest absolute Gasteiger partial charge is 0.125 e. The lowest BCUT2D eigenvalue weighted by Gasteiger charge is -2.17. The number of pyridine rings is 1. The quantitative estimate of drug-likeness (QED) is 0.766. The van der Waals surface area contributed by atoms with Crippen LogP contribution in [0.25, 0.3) is 10.8 Å². The highest BCUT2D eigenvalue weighted by molar-refractivity contribution is 5.86. The number of nitrogens with zero attached hydrogens (tertiary/aromatic N) is 2. The molecule has 2 aromatic carbocycles. The van der Waals surface area contributed by atoms with Crippen LogP contribution in [0.4, 0.5) is 5.82 Å².